The third-order valence-electron chi connectivity index (χ3n) is 0.949. The summed E-state index contributed by atoms with van der Waals surface area (Å²) < 4.78 is 1.07. The standard InChI is InChI=1S/C5H14N.CH5N.2ClH/c1-5-6(2,3)4;1-2;;/h5H2,1-4H3;2H2,1H3;2*1H/q+1;;;/p-1. The zero-order valence-electron chi connectivity index (χ0n) is 7.62. The van der Waals surface area contributed by atoms with Gasteiger partial charge in [-0.3, -0.25) is 0 Å². The summed E-state index contributed by atoms with van der Waals surface area (Å²) in [5.74, 6) is 0. The van der Waals surface area contributed by atoms with Crippen LogP contribution in [-0.4, -0.2) is 39.2 Å². The van der Waals surface area contributed by atoms with Crippen molar-refractivity contribution in [1.82, 2.24) is 0 Å². The molecule has 10 heavy (non-hydrogen) atoms. The lowest BCUT2D eigenvalue weighted by atomic mass is 10.6. The second kappa shape index (κ2) is 12.2. The molecule has 0 spiro atoms. The highest BCUT2D eigenvalue weighted by atomic mass is 35.5. The Morgan fingerprint density at radius 1 is 1.00 bits per heavy atom. The van der Waals surface area contributed by atoms with Crippen molar-refractivity contribution in [2.24, 2.45) is 0 Å². The number of halogens is 2. The Morgan fingerprint density at radius 3 is 1.10 bits per heavy atom. The Balaban J connectivity index is -0.0000000412. The van der Waals surface area contributed by atoms with Crippen LogP contribution in [0.4, 0.5) is 0 Å². The molecule has 4 heteroatoms. The van der Waals surface area contributed by atoms with E-state index in [2.05, 4.69) is 33.8 Å². The van der Waals surface area contributed by atoms with Gasteiger partial charge in [-0.2, -0.15) is 0 Å². The van der Waals surface area contributed by atoms with Gasteiger partial charge in [0.1, 0.15) is 0 Å². The first-order valence-corrected chi connectivity index (χ1v) is 3.07. The molecule has 0 aromatic rings. The van der Waals surface area contributed by atoms with Crippen LogP contribution in [0.1, 0.15) is 6.92 Å². The van der Waals surface area contributed by atoms with E-state index >= 15 is 0 Å². The first-order chi connectivity index (χ1) is 3.56. The number of rotatable bonds is 1. The van der Waals surface area contributed by atoms with Crippen LogP contribution in [-0.2, 0) is 0 Å². The van der Waals surface area contributed by atoms with Gasteiger partial charge in [0.15, 0.2) is 0 Å². The molecular formula is C6H20Cl2N2. The van der Waals surface area contributed by atoms with E-state index in [0.717, 1.165) is 4.48 Å². The zero-order chi connectivity index (χ0) is 7.21. The highest BCUT2D eigenvalue weighted by molar-refractivity contribution is 4.06. The van der Waals surface area contributed by atoms with Gasteiger partial charge in [0.05, 0.1) is 34.7 Å². The van der Waals surface area contributed by atoms with Crippen molar-refractivity contribution in [2.75, 3.05) is 34.7 Å². The van der Waals surface area contributed by atoms with Gasteiger partial charge in [-0.05, 0) is 6.92 Å². The Kier molecular flexibility index (Phi) is 27.4. The van der Waals surface area contributed by atoms with E-state index < -0.39 is 0 Å². The molecule has 0 bridgehead atoms. The number of nitrogens with zero attached hydrogens (tertiary/aromatic N) is 1. The molecule has 0 radical (unpaired) electrons. The van der Waals surface area contributed by atoms with Gasteiger partial charge >= 0.3 is 0 Å². The second-order valence-corrected chi connectivity index (χ2v) is 2.61. The molecule has 0 unspecified atom stereocenters. The van der Waals surface area contributed by atoms with Gasteiger partial charge in [0, 0.05) is 0 Å². The lowest BCUT2D eigenvalue weighted by molar-refractivity contribution is -0.868. The van der Waals surface area contributed by atoms with E-state index in [1.54, 1.807) is 7.05 Å². The summed E-state index contributed by atoms with van der Waals surface area (Å²) in [5, 5.41) is 0. The van der Waals surface area contributed by atoms with Crippen LogP contribution in [0.3, 0.4) is 0 Å². The fourth-order valence-electron chi connectivity index (χ4n) is 0. The van der Waals surface area contributed by atoms with Crippen molar-refractivity contribution in [3.8, 4) is 0 Å². The van der Waals surface area contributed by atoms with Gasteiger partial charge in [-0.1, -0.05) is 0 Å². The predicted molar refractivity (Wildman–Crippen MR) is 37.4 cm³/mol. The van der Waals surface area contributed by atoms with Gasteiger partial charge in [0.2, 0.25) is 0 Å². The van der Waals surface area contributed by atoms with Gasteiger partial charge in [0.25, 0.3) is 0 Å². The minimum Gasteiger partial charge on any atom is -1.00 e. The Morgan fingerprint density at radius 2 is 1.10 bits per heavy atom. The maximum Gasteiger partial charge on any atom is 0.0751 e. The molecule has 0 fully saturated rings. The van der Waals surface area contributed by atoms with E-state index in [1.165, 1.54) is 6.54 Å². The van der Waals surface area contributed by atoms with Crippen molar-refractivity contribution >= 4 is 0 Å². The Hall–Kier alpha value is 0.500. The number of hydrogen-bond donors (Lipinski definition) is 1. The van der Waals surface area contributed by atoms with Crippen LogP contribution in [0.15, 0.2) is 0 Å². The fourth-order valence-corrected chi connectivity index (χ4v) is 0. The molecule has 3 N–H and O–H groups in total. The van der Waals surface area contributed by atoms with Crippen LogP contribution in [0.25, 0.3) is 0 Å². The molecule has 0 aromatic heterocycles. The highest BCUT2D eigenvalue weighted by Gasteiger charge is 1.97. The smallest absolute Gasteiger partial charge is 0.0751 e. The van der Waals surface area contributed by atoms with Crippen LogP contribution in [0, 0.1) is 0 Å². The van der Waals surface area contributed by atoms with Gasteiger partial charge < -0.3 is 35.0 Å². The monoisotopic (exact) mass is 190 g/mol. The normalized spacial score (nSPS) is 7.80. The quantitative estimate of drug-likeness (QED) is 0.399. The average Bonchev–Trinajstić information content (AvgIpc) is 1.71. The first-order valence-electron chi connectivity index (χ1n) is 3.07. The minimum absolute atomic E-state index is 0. The van der Waals surface area contributed by atoms with Crippen molar-refractivity contribution in [3.63, 3.8) is 0 Å². The van der Waals surface area contributed by atoms with Gasteiger partial charge in [-0.25, -0.2) is 0 Å². The van der Waals surface area contributed by atoms with E-state index in [-0.39, 0.29) is 24.8 Å². The predicted octanol–water partition coefficient (Wildman–Crippen LogP) is -6.42. The molecule has 0 aliphatic heterocycles. The van der Waals surface area contributed by atoms with E-state index in [4.69, 9.17) is 0 Å². The van der Waals surface area contributed by atoms with E-state index in [9.17, 15) is 0 Å². The molecule has 0 saturated carbocycles. The molecule has 0 aromatic carbocycles. The lowest BCUT2D eigenvalue weighted by Crippen LogP contribution is -3.00. The summed E-state index contributed by atoms with van der Waals surface area (Å²) in [4.78, 5) is 0. The largest absolute Gasteiger partial charge is 1.00 e. The molecule has 2 nitrogen and oxygen atoms in total. The Bertz CT molecular complexity index is 43.5. The maximum absolute atomic E-state index is 3.25. The van der Waals surface area contributed by atoms with Crippen molar-refractivity contribution in [3.05, 3.63) is 0 Å². The molecule has 0 amide bonds. The average molecular weight is 191 g/mol. The van der Waals surface area contributed by atoms with Crippen molar-refractivity contribution in [2.45, 2.75) is 6.92 Å². The zero-order valence-corrected chi connectivity index (χ0v) is 9.13. The molecule has 0 heterocycles. The Labute approximate surface area is 77.2 Å². The summed E-state index contributed by atoms with van der Waals surface area (Å²) in [7, 11) is 8.29. The van der Waals surface area contributed by atoms with Crippen molar-refractivity contribution in [1.29, 1.82) is 0 Å². The molecule has 0 aliphatic carbocycles. The second-order valence-electron chi connectivity index (χ2n) is 2.61. The summed E-state index contributed by atoms with van der Waals surface area (Å²) in [5.41, 5.74) is 3.25. The third kappa shape index (κ3) is 39.0. The first kappa shape index (κ1) is 22.4. The maximum atomic E-state index is 3.25. The van der Waals surface area contributed by atoms with Crippen LogP contribution >= 0.6 is 0 Å². The van der Waals surface area contributed by atoms with Crippen LogP contribution < -0.4 is 30.5 Å². The van der Waals surface area contributed by atoms with E-state index in [1.807, 2.05) is 0 Å². The third-order valence-corrected chi connectivity index (χ3v) is 0.949. The highest BCUT2D eigenvalue weighted by Crippen LogP contribution is 1.83. The number of quaternary nitrogens is 2. The molecular weight excluding hydrogens is 171 g/mol. The lowest BCUT2D eigenvalue weighted by Gasteiger charge is -2.20. The summed E-state index contributed by atoms with van der Waals surface area (Å²) in [6, 6.07) is 0. The molecule has 68 valence electrons. The molecule has 0 atom stereocenters. The van der Waals surface area contributed by atoms with Crippen molar-refractivity contribution < 1.29 is 35.0 Å². The molecule has 0 saturated heterocycles. The van der Waals surface area contributed by atoms with Gasteiger partial charge in [-0.15, -0.1) is 0 Å². The number of hydrogen-bond acceptors (Lipinski definition) is 0. The summed E-state index contributed by atoms with van der Waals surface area (Å²) >= 11 is 0. The summed E-state index contributed by atoms with van der Waals surface area (Å²) in [6.45, 7) is 3.39. The summed E-state index contributed by atoms with van der Waals surface area (Å²) in [6.07, 6.45) is 0. The van der Waals surface area contributed by atoms with Crippen LogP contribution in [0.5, 0.6) is 0 Å². The SMILES string of the molecule is CC[N+](C)(C)C.C[NH3+].[Cl-].[Cl-]. The molecule has 0 rings (SSSR count). The van der Waals surface area contributed by atoms with E-state index in [0.29, 0.717) is 0 Å². The molecule has 0 aliphatic rings. The van der Waals surface area contributed by atoms with Crippen LogP contribution in [0.2, 0.25) is 0 Å². The minimum atomic E-state index is 0. The topological polar surface area (TPSA) is 27.6 Å². The fraction of sp³-hybridized carbons (Fsp3) is 1.00.